The van der Waals surface area contributed by atoms with Crippen molar-refractivity contribution in [3.8, 4) is 11.3 Å². The number of hydrogen-bond acceptors (Lipinski definition) is 6. The topological polar surface area (TPSA) is 85.9 Å². The van der Waals surface area contributed by atoms with Crippen LogP contribution in [0.2, 0.25) is 0 Å². The smallest absolute Gasteiger partial charge is 0.344 e. The average molecular weight is 358 g/mol. The van der Waals surface area contributed by atoms with E-state index in [1.54, 1.807) is 4.57 Å². The Bertz CT molecular complexity index is 881. The summed E-state index contributed by atoms with van der Waals surface area (Å²) >= 11 is 1.46. The van der Waals surface area contributed by atoms with Gasteiger partial charge >= 0.3 is 5.69 Å². The van der Waals surface area contributed by atoms with Crippen LogP contribution in [0.15, 0.2) is 50.9 Å². The molecule has 1 atom stereocenters. The van der Waals surface area contributed by atoms with Crippen LogP contribution in [0.4, 0.5) is 0 Å². The molecule has 1 fully saturated rings. The molecule has 3 aromatic rings. The molecule has 0 radical (unpaired) electrons. The van der Waals surface area contributed by atoms with Gasteiger partial charge in [0.15, 0.2) is 10.9 Å². The van der Waals surface area contributed by atoms with Crippen molar-refractivity contribution in [1.82, 2.24) is 19.9 Å². The number of nitrogens with zero attached hydrogens (tertiary/aromatic N) is 3. The summed E-state index contributed by atoms with van der Waals surface area (Å²) in [5.74, 6) is 1.31. The van der Waals surface area contributed by atoms with Crippen LogP contribution in [0, 0.1) is 0 Å². The molecule has 0 spiro atoms. The van der Waals surface area contributed by atoms with Crippen LogP contribution >= 0.6 is 11.8 Å². The molecule has 0 bridgehead atoms. The first-order chi connectivity index (χ1) is 12.3. The van der Waals surface area contributed by atoms with E-state index in [-0.39, 0.29) is 11.8 Å². The lowest BCUT2D eigenvalue weighted by Gasteiger charge is -2.10. The molecule has 1 aliphatic heterocycles. The van der Waals surface area contributed by atoms with Crippen molar-refractivity contribution in [2.24, 2.45) is 0 Å². The zero-order chi connectivity index (χ0) is 17.1. The second kappa shape index (κ2) is 7.28. The first-order valence-electron chi connectivity index (χ1n) is 8.20. The number of hydrogen-bond donors (Lipinski definition) is 1. The quantitative estimate of drug-likeness (QED) is 0.682. The minimum Gasteiger partial charge on any atom is -0.376 e. The molecular formula is C17H18N4O3S. The Morgan fingerprint density at radius 2 is 2.20 bits per heavy atom. The number of H-pyrrole nitrogens is 1. The maximum absolute atomic E-state index is 12.0. The normalized spacial score (nSPS) is 17.2. The number of thioether (sulfide) groups is 1. The van der Waals surface area contributed by atoms with Crippen LogP contribution in [-0.2, 0) is 17.0 Å². The van der Waals surface area contributed by atoms with Crippen LogP contribution in [0.3, 0.4) is 0 Å². The Morgan fingerprint density at radius 1 is 1.32 bits per heavy atom. The maximum Gasteiger partial charge on any atom is 0.344 e. The molecule has 1 saturated heterocycles. The van der Waals surface area contributed by atoms with Crippen LogP contribution < -0.4 is 5.69 Å². The van der Waals surface area contributed by atoms with Crippen molar-refractivity contribution in [1.29, 1.82) is 0 Å². The molecule has 1 unspecified atom stereocenters. The standard InChI is InChI=1S/C17H18N4O3S/c22-16-18-19-17(21(16)10-14-7-4-8-23-14)25-11-13-9-15(24-20-13)12-5-2-1-3-6-12/h1-3,5-6,9,14H,4,7-8,10-11H2,(H,18,22). The molecule has 130 valence electrons. The first kappa shape index (κ1) is 16.2. The summed E-state index contributed by atoms with van der Waals surface area (Å²) in [6, 6.07) is 11.7. The van der Waals surface area contributed by atoms with E-state index in [0.29, 0.717) is 17.5 Å². The highest BCUT2D eigenvalue weighted by Crippen LogP contribution is 2.25. The number of rotatable bonds is 6. The highest BCUT2D eigenvalue weighted by atomic mass is 32.2. The first-order valence-corrected chi connectivity index (χ1v) is 9.19. The molecule has 0 amide bonds. The molecule has 2 aromatic heterocycles. The van der Waals surface area contributed by atoms with Gasteiger partial charge in [0.05, 0.1) is 18.3 Å². The number of nitrogens with one attached hydrogen (secondary N) is 1. The van der Waals surface area contributed by atoms with Gasteiger partial charge in [0.25, 0.3) is 0 Å². The highest BCUT2D eigenvalue weighted by molar-refractivity contribution is 7.98. The Hall–Kier alpha value is -2.32. The average Bonchev–Trinajstić information content (AvgIpc) is 3.38. The van der Waals surface area contributed by atoms with Crippen molar-refractivity contribution in [3.05, 3.63) is 52.6 Å². The molecule has 1 aliphatic rings. The van der Waals surface area contributed by atoms with Gasteiger partial charge in [0, 0.05) is 24.0 Å². The van der Waals surface area contributed by atoms with Crippen LogP contribution in [0.25, 0.3) is 11.3 Å². The summed E-state index contributed by atoms with van der Waals surface area (Å²) in [7, 11) is 0. The van der Waals surface area contributed by atoms with Crippen molar-refractivity contribution in [2.45, 2.75) is 36.4 Å². The van der Waals surface area contributed by atoms with Gasteiger partial charge in [-0.05, 0) is 12.8 Å². The maximum atomic E-state index is 12.0. The summed E-state index contributed by atoms with van der Waals surface area (Å²) in [4.78, 5) is 12.0. The molecule has 4 rings (SSSR count). The summed E-state index contributed by atoms with van der Waals surface area (Å²) < 4.78 is 12.7. The third kappa shape index (κ3) is 3.69. The molecule has 8 heteroatoms. The fourth-order valence-corrected chi connectivity index (χ4v) is 3.66. The molecule has 3 heterocycles. The second-order valence-corrected chi connectivity index (χ2v) is 6.84. The van der Waals surface area contributed by atoms with Gasteiger partial charge in [-0.3, -0.25) is 4.57 Å². The number of benzene rings is 1. The largest absolute Gasteiger partial charge is 0.376 e. The number of aromatic nitrogens is 4. The lowest BCUT2D eigenvalue weighted by atomic mass is 10.2. The zero-order valence-corrected chi connectivity index (χ0v) is 14.4. The molecule has 25 heavy (non-hydrogen) atoms. The van der Waals surface area contributed by atoms with E-state index in [2.05, 4.69) is 15.4 Å². The summed E-state index contributed by atoms with van der Waals surface area (Å²) in [5, 5.41) is 11.4. The van der Waals surface area contributed by atoms with E-state index in [1.807, 2.05) is 36.4 Å². The van der Waals surface area contributed by atoms with E-state index in [9.17, 15) is 4.79 Å². The summed E-state index contributed by atoms with van der Waals surface area (Å²) in [6.07, 6.45) is 2.11. The third-order valence-corrected chi connectivity index (χ3v) is 5.11. The second-order valence-electron chi connectivity index (χ2n) is 5.89. The monoisotopic (exact) mass is 358 g/mol. The minimum absolute atomic E-state index is 0.0892. The van der Waals surface area contributed by atoms with Crippen molar-refractivity contribution in [3.63, 3.8) is 0 Å². The van der Waals surface area contributed by atoms with E-state index >= 15 is 0 Å². The lowest BCUT2D eigenvalue weighted by molar-refractivity contribution is 0.0941. The van der Waals surface area contributed by atoms with E-state index in [4.69, 9.17) is 9.26 Å². The Labute approximate surface area is 148 Å². The molecule has 0 aliphatic carbocycles. The predicted octanol–water partition coefficient (Wildman–Crippen LogP) is 2.70. The molecular weight excluding hydrogens is 340 g/mol. The third-order valence-electron chi connectivity index (χ3n) is 4.10. The fraction of sp³-hybridized carbons (Fsp3) is 0.353. The van der Waals surface area contributed by atoms with Crippen LogP contribution in [0.5, 0.6) is 0 Å². The number of ether oxygens (including phenoxy) is 1. The Kier molecular flexibility index (Phi) is 4.71. The summed E-state index contributed by atoms with van der Waals surface area (Å²) in [6.45, 7) is 1.30. The molecule has 1 aromatic carbocycles. The van der Waals surface area contributed by atoms with Gasteiger partial charge in [-0.15, -0.1) is 5.10 Å². The lowest BCUT2D eigenvalue weighted by Crippen LogP contribution is -2.24. The molecule has 1 N–H and O–H groups in total. The molecule has 0 saturated carbocycles. The van der Waals surface area contributed by atoms with Gasteiger partial charge in [-0.25, -0.2) is 9.89 Å². The van der Waals surface area contributed by atoms with Gasteiger partial charge in [0.1, 0.15) is 0 Å². The highest BCUT2D eigenvalue weighted by Gasteiger charge is 2.20. The number of aromatic amines is 1. The Morgan fingerprint density at radius 3 is 3.00 bits per heavy atom. The van der Waals surface area contributed by atoms with Gasteiger partial charge in [0.2, 0.25) is 0 Å². The van der Waals surface area contributed by atoms with Crippen molar-refractivity contribution < 1.29 is 9.26 Å². The molecule has 7 nitrogen and oxygen atoms in total. The van der Waals surface area contributed by atoms with Gasteiger partial charge < -0.3 is 9.26 Å². The van der Waals surface area contributed by atoms with Gasteiger partial charge in [-0.1, -0.05) is 47.3 Å². The van der Waals surface area contributed by atoms with Gasteiger partial charge in [-0.2, -0.15) is 0 Å². The summed E-state index contributed by atoms with van der Waals surface area (Å²) in [5.41, 5.74) is 1.59. The SMILES string of the molecule is O=c1[nH]nc(SCc2cc(-c3ccccc3)on2)n1CC1CCCO1. The van der Waals surface area contributed by atoms with Crippen molar-refractivity contribution >= 4 is 11.8 Å². The zero-order valence-electron chi connectivity index (χ0n) is 13.6. The van der Waals surface area contributed by atoms with Crippen LogP contribution in [-0.4, -0.2) is 32.6 Å². The Balaban J connectivity index is 1.43. The van der Waals surface area contributed by atoms with E-state index in [0.717, 1.165) is 36.5 Å². The predicted molar refractivity (Wildman–Crippen MR) is 93.3 cm³/mol. The van der Waals surface area contributed by atoms with Crippen LogP contribution in [0.1, 0.15) is 18.5 Å². The minimum atomic E-state index is -0.205. The van der Waals surface area contributed by atoms with E-state index < -0.39 is 0 Å². The fourth-order valence-electron chi connectivity index (χ4n) is 2.82. The van der Waals surface area contributed by atoms with E-state index in [1.165, 1.54) is 11.8 Å². The van der Waals surface area contributed by atoms with Crippen molar-refractivity contribution in [2.75, 3.05) is 6.61 Å².